The lowest BCUT2D eigenvalue weighted by molar-refractivity contribution is 0.669. The molecule has 246 valence electrons. The molecule has 0 aliphatic carbocycles. The molecule has 0 amide bonds. The standard InChI is InChI=1S/C50H35NO/c1-2-36(33-35-23-32-50-47(34-35)46-19-9-11-22-49(46)52-50)45-18-8-10-21-48(45)51(41-28-24-38(25-29-41)37-13-4-3-5-14-37)42-30-26-40(27-31-42)44-20-12-16-39-15-6-7-17-43(39)44/h2-34H,1H2/b36-33+. The SMILES string of the molecule is C=C/C(=C\c1ccc2oc3ccccc3c2c1)c1ccccc1N(c1ccc(-c2ccccc2)cc1)c1ccc(-c2cccc3ccccc23)cc1. The van der Waals surface area contributed by atoms with Crippen molar-refractivity contribution in [2.45, 2.75) is 0 Å². The number of hydrogen-bond donors (Lipinski definition) is 0. The molecule has 0 saturated heterocycles. The minimum atomic E-state index is 0.885. The van der Waals surface area contributed by atoms with Crippen LogP contribution in [0.1, 0.15) is 11.1 Å². The second-order valence-corrected chi connectivity index (χ2v) is 13.0. The van der Waals surface area contributed by atoms with Gasteiger partial charge < -0.3 is 9.32 Å². The lowest BCUT2D eigenvalue weighted by Crippen LogP contribution is -2.12. The summed E-state index contributed by atoms with van der Waals surface area (Å²) in [7, 11) is 0. The summed E-state index contributed by atoms with van der Waals surface area (Å²) in [6.07, 6.45) is 4.17. The van der Waals surface area contributed by atoms with Crippen molar-refractivity contribution in [2.75, 3.05) is 4.90 Å². The third kappa shape index (κ3) is 5.77. The van der Waals surface area contributed by atoms with Gasteiger partial charge in [0.2, 0.25) is 0 Å². The molecule has 0 fully saturated rings. The van der Waals surface area contributed by atoms with Crippen LogP contribution in [0.5, 0.6) is 0 Å². The summed E-state index contributed by atoms with van der Waals surface area (Å²) in [5.41, 5.74) is 13.0. The van der Waals surface area contributed by atoms with E-state index in [-0.39, 0.29) is 0 Å². The lowest BCUT2D eigenvalue weighted by Gasteiger charge is -2.28. The first-order valence-corrected chi connectivity index (χ1v) is 17.6. The monoisotopic (exact) mass is 665 g/mol. The van der Waals surface area contributed by atoms with E-state index in [0.29, 0.717) is 0 Å². The highest BCUT2D eigenvalue weighted by Crippen LogP contribution is 2.42. The quantitative estimate of drug-likeness (QED) is 0.119. The van der Waals surface area contributed by atoms with Gasteiger partial charge in [-0.25, -0.2) is 0 Å². The number of benzene rings is 8. The molecule has 2 nitrogen and oxygen atoms in total. The molecule has 0 atom stereocenters. The Balaban J connectivity index is 1.17. The average molecular weight is 666 g/mol. The molecule has 0 unspecified atom stereocenters. The number of fused-ring (bicyclic) bond motifs is 4. The third-order valence-corrected chi connectivity index (χ3v) is 9.86. The van der Waals surface area contributed by atoms with Crippen LogP contribution >= 0.6 is 0 Å². The number of para-hydroxylation sites is 2. The van der Waals surface area contributed by atoms with Crippen LogP contribution in [0.4, 0.5) is 17.1 Å². The Morgan fingerprint density at radius 3 is 1.88 bits per heavy atom. The molecule has 8 aromatic carbocycles. The molecule has 1 aromatic heterocycles. The molecule has 0 aliphatic rings. The van der Waals surface area contributed by atoms with Crippen molar-refractivity contribution in [3.63, 3.8) is 0 Å². The van der Waals surface area contributed by atoms with Crippen molar-refractivity contribution < 1.29 is 4.42 Å². The van der Waals surface area contributed by atoms with E-state index in [1.54, 1.807) is 0 Å². The van der Waals surface area contributed by atoms with Gasteiger partial charge in [0.1, 0.15) is 11.2 Å². The van der Waals surface area contributed by atoms with Crippen LogP contribution in [0, 0.1) is 0 Å². The summed E-state index contributed by atoms with van der Waals surface area (Å²) in [6, 6.07) is 66.6. The van der Waals surface area contributed by atoms with Crippen molar-refractivity contribution in [3.8, 4) is 22.3 Å². The van der Waals surface area contributed by atoms with Crippen molar-refractivity contribution in [1.82, 2.24) is 0 Å². The molecule has 9 rings (SSSR count). The van der Waals surface area contributed by atoms with E-state index in [0.717, 1.165) is 55.7 Å². The van der Waals surface area contributed by atoms with E-state index in [9.17, 15) is 0 Å². The van der Waals surface area contributed by atoms with Crippen molar-refractivity contribution in [1.29, 1.82) is 0 Å². The maximum atomic E-state index is 6.12. The number of hydrogen-bond acceptors (Lipinski definition) is 2. The van der Waals surface area contributed by atoms with Crippen LogP contribution in [0.2, 0.25) is 0 Å². The van der Waals surface area contributed by atoms with Crippen LogP contribution in [-0.4, -0.2) is 0 Å². The summed E-state index contributed by atoms with van der Waals surface area (Å²) in [4.78, 5) is 2.35. The molecule has 52 heavy (non-hydrogen) atoms. The second-order valence-electron chi connectivity index (χ2n) is 13.0. The number of furan rings is 1. The van der Waals surface area contributed by atoms with Gasteiger partial charge in [0.25, 0.3) is 0 Å². The first-order valence-electron chi connectivity index (χ1n) is 17.6. The van der Waals surface area contributed by atoms with Gasteiger partial charge in [-0.2, -0.15) is 0 Å². The van der Waals surface area contributed by atoms with Gasteiger partial charge in [0, 0.05) is 27.7 Å². The normalized spacial score (nSPS) is 11.7. The zero-order valence-electron chi connectivity index (χ0n) is 28.6. The summed E-state index contributed by atoms with van der Waals surface area (Å²) >= 11 is 0. The number of nitrogens with zero attached hydrogens (tertiary/aromatic N) is 1. The molecule has 0 aliphatic heterocycles. The van der Waals surface area contributed by atoms with E-state index in [1.807, 2.05) is 18.2 Å². The molecule has 0 saturated carbocycles. The fourth-order valence-electron chi connectivity index (χ4n) is 7.30. The first kappa shape index (κ1) is 31.1. The minimum Gasteiger partial charge on any atom is -0.456 e. The fraction of sp³-hybridized carbons (Fsp3) is 0. The molecule has 0 radical (unpaired) electrons. The highest BCUT2D eigenvalue weighted by Gasteiger charge is 2.18. The van der Waals surface area contributed by atoms with Crippen LogP contribution in [0.15, 0.2) is 205 Å². The predicted molar refractivity (Wildman–Crippen MR) is 221 cm³/mol. The van der Waals surface area contributed by atoms with Gasteiger partial charge in [-0.15, -0.1) is 0 Å². The maximum Gasteiger partial charge on any atom is 0.135 e. The Kier molecular flexibility index (Phi) is 8.03. The van der Waals surface area contributed by atoms with E-state index >= 15 is 0 Å². The molecule has 1 heterocycles. The molecule has 2 heteroatoms. The minimum absolute atomic E-state index is 0.885. The lowest BCUT2D eigenvalue weighted by atomic mass is 9.97. The Bertz CT molecular complexity index is 2730. The summed E-state index contributed by atoms with van der Waals surface area (Å²) in [5, 5.41) is 4.71. The predicted octanol–water partition coefficient (Wildman–Crippen LogP) is 14.3. The Morgan fingerprint density at radius 2 is 1.10 bits per heavy atom. The van der Waals surface area contributed by atoms with Gasteiger partial charge in [0.05, 0.1) is 5.69 Å². The smallest absolute Gasteiger partial charge is 0.135 e. The molecule has 9 aromatic rings. The Hall–Kier alpha value is -6.90. The van der Waals surface area contributed by atoms with Crippen LogP contribution in [-0.2, 0) is 0 Å². The first-order chi connectivity index (χ1) is 25.7. The van der Waals surface area contributed by atoms with Crippen molar-refractivity contribution in [2.24, 2.45) is 0 Å². The van der Waals surface area contributed by atoms with Crippen LogP contribution in [0.3, 0.4) is 0 Å². The third-order valence-electron chi connectivity index (χ3n) is 9.86. The zero-order valence-corrected chi connectivity index (χ0v) is 28.6. The Morgan fingerprint density at radius 1 is 0.481 bits per heavy atom. The highest BCUT2D eigenvalue weighted by molar-refractivity contribution is 6.06. The number of allylic oxidation sites excluding steroid dienone is 2. The topological polar surface area (TPSA) is 16.4 Å². The Labute approximate surface area is 303 Å². The second kappa shape index (κ2) is 13.4. The van der Waals surface area contributed by atoms with Crippen LogP contribution in [0.25, 0.3) is 66.6 Å². The van der Waals surface area contributed by atoms with E-state index in [2.05, 4.69) is 193 Å². The number of rotatable bonds is 8. The van der Waals surface area contributed by atoms with Crippen molar-refractivity contribution in [3.05, 3.63) is 212 Å². The molecule has 0 N–H and O–H groups in total. The fourth-order valence-corrected chi connectivity index (χ4v) is 7.30. The van der Waals surface area contributed by atoms with Gasteiger partial charge in [-0.05, 0) is 98.8 Å². The van der Waals surface area contributed by atoms with Crippen molar-refractivity contribution >= 4 is 61.4 Å². The van der Waals surface area contributed by atoms with Gasteiger partial charge >= 0.3 is 0 Å². The van der Waals surface area contributed by atoms with Crippen LogP contribution < -0.4 is 4.90 Å². The van der Waals surface area contributed by atoms with Gasteiger partial charge in [-0.3, -0.25) is 0 Å². The van der Waals surface area contributed by atoms with E-state index in [1.165, 1.54) is 33.0 Å². The zero-order chi connectivity index (χ0) is 34.9. The summed E-state index contributed by atoms with van der Waals surface area (Å²) in [5.74, 6) is 0. The highest BCUT2D eigenvalue weighted by atomic mass is 16.3. The average Bonchev–Trinajstić information content (AvgIpc) is 3.59. The molecule has 0 spiro atoms. The molecule has 0 bridgehead atoms. The molecular formula is C50H35NO. The van der Waals surface area contributed by atoms with Gasteiger partial charge in [0.15, 0.2) is 0 Å². The van der Waals surface area contributed by atoms with E-state index < -0.39 is 0 Å². The summed E-state index contributed by atoms with van der Waals surface area (Å²) in [6.45, 7) is 4.29. The molecular weight excluding hydrogens is 631 g/mol. The van der Waals surface area contributed by atoms with Gasteiger partial charge in [-0.1, -0.05) is 152 Å². The maximum absolute atomic E-state index is 6.12. The number of anilines is 3. The largest absolute Gasteiger partial charge is 0.456 e. The summed E-state index contributed by atoms with van der Waals surface area (Å²) < 4.78 is 6.12. The van der Waals surface area contributed by atoms with E-state index in [4.69, 9.17) is 4.42 Å².